The molecule has 1 saturated carbocycles. The Bertz CT molecular complexity index is 689. The van der Waals surface area contributed by atoms with E-state index < -0.39 is 0 Å². The van der Waals surface area contributed by atoms with Gasteiger partial charge in [-0.3, -0.25) is 9.78 Å². The number of amides is 1. The van der Waals surface area contributed by atoms with Gasteiger partial charge in [-0.25, -0.2) is 4.98 Å². The molecule has 2 aromatic heterocycles. The van der Waals surface area contributed by atoms with E-state index in [0.29, 0.717) is 18.2 Å². The summed E-state index contributed by atoms with van der Waals surface area (Å²) in [5.41, 5.74) is 3.74. The lowest BCUT2D eigenvalue weighted by molar-refractivity contribution is 0.0946. The van der Waals surface area contributed by atoms with Crippen LogP contribution in [0.15, 0.2) is 17.6 Å². The molecule has 0 atom stereocenters. The Morgan fingerprint density at radius 2 is 2.09 bits per heavy atom. The molecular weight excluding hydrogens is 306 g/mol. The van der Waals surface area contributed by atoms with Gasteiger partial charge in [-0.1, -0.05) is 19.3 Å². The zero-order valence-electron chi connectivity index (χ0n) is 13.8. The summed E-state index contributed by atoms with van der Waals surface area (Å²) >= 11 is 1.63. The summed E-state index contributed by atoms with van der Waals surface area (Å²) in [6, 6.07) is 2.03. The SMILES string of the molecule is Cc1cc(C)c(CNC(=O)c2csc(C3CCCCC3)n2)cn1. The Morgan fingerprint density at radius 1 is 1.30 bits per heavy atom. The molecule has 3 rings (SSSR count). The van der Waals surface area contributed by atoms with E-state index in [1.54, 1.807) is 11.3 Å². The lowest BCUT2D eigenvalue weighted by atomic mass is 9.90. The van der Waals surface area contributed by atoms with E-state index in [4.69, 9.17) is 0 Å². The first-order chi connectivity index (χ1) is 11.1. The van der Waals surface area contributed by atoms with Gasteiger partial charge < -0.3 is 5.32 Å². The number of thiazole rings is 1. The minimum Gasteiger partial charge on any atom is -0.347 e. The van der Waals surface area contributed by atoms with Gasteiger partial charge in [0.1, 0.15) is 5.69 Å². The van der Waals surface area contributed by atoms with Gasteiger partial charge in [-0.2, -0.15) is 0 Å². The molecule has 0 unspecified atom stereocenters. The highest BCUT2D eigenvalue weighted by atomic mass is 32.1. The quantitative estimate of drug-likeness (QED) is 0.917. The van der Waals surface area contributed by atoms with Crippen LogP contribution in [0.2, 0.25) is 0 Å². The smallest absolute Gasteiger partial charge is 0.271 e. The maximum absolute atomic E-state index is 12.3. The highest BCUT2D eigenvalue weighted by Gasteiger charge is 2.20. The van der Waals surface area contributed by atoms with Gasteiger partial charge in [-0.05, 0) is 43.9 Å². The van der Waals surface area contributed by atoms with Gasteiger partial charge in [0, 0.05) is 29.7 Å². The van der Waals surface area contributed by atoms with E-state index >= 15 is 0 Å². The maximum atomic E-state index is 12.3. The third-order valence-electron chi connectivity index (χ3n) is 4.50. The van der Waals surface area contributed by atoms with Crippen molar-refractivity contribution in [2.45, 2.75) is 58.4 Å². The van der Waals surface area contributed by atoms with E-state index in [9.17, 15) is 4.79 Å². The average molecular weight is 329 g/mol. The van der Waals surface area contributed by atoms with Gasteiger partial charge in [0.05, 0.1) is 5.01 Å². The molecule has 4 nitrogen and oxygen atoms in total. The van der Waals surface area contributed by atoms with Gasteiger partial charge in [0.15, 0.2) is 0 Å². The van der Waals surface area contributed by atoms with Crippen LogP contribution in [0.4, 0.5) is 0 Å². The van der Waals surface area contributed by atoms with E-state index in [2.05, 4.69) is 15.3 Å². The molecule has 23 heavy (non-hydrogen) atoms. The molecule has 0 spiro atoms. The fraction of sp³-hybridized carbons (Fsp3) is 0.500. The zero-order chi connectivity index (χ0) is 16.2. The van der Waals surface area contributed by atoms with Crippen molar-refractivity contribution in [2.75, 3.05) is 0 Å². The monoisotopic (exact) mass is 329 g/mol. The van der Waals surface area contributed by atoms with Crippen LogP contribution in [0.25, 0.3) is 0 Å². The summed E-state index contributed by atoms with van der Waals surface area (Å²) in [6.07, 6.45) is 8.15. The van der Waals surface area contributed by atoms with Crippen molar-refractivity contribution in [2.24, 2.45) is 0 Å². The number of hydrogen-bond acceptors (Lipinski definition) is 4. The minimum absolute atomic E-state index is 0.0942. The number of nitrogens with zero attached hydrogens (tertiary/aromatic N) is 2. The summed E-state index contributed by atoms with van der Waals surface area (Å²) in [7, 11) is 0. The molecule has 0 saturated heterocycles. The highest BCUT2D eigenvalue weighted by molar-refractivity contribution is 7.09. The molecule has 2 heterocycles. The van der Waals surface area contributed by atoms with Crippen LogP contribution < -0.4 is 5.32 Å². The molecule has 5 heteroatoms. The van der Waals surface area contributed by atoms with Crippen molar-refractivity contribution in [3.8, 4) is 0 Å². The Hall–Kier alpha value is -1.75. The topological polar surface area (TPSA) is 54.9 Å². The molecule has 122 valence electrons. The van der Waals surface area contributed by atoms with Gasteiger partial charge >= 0.3 is 0 Å². The third kappa shape index (κ3) is 3.96. The van der Waals surface area contributed by atoms with E-state index in [1.165, 1.54) is 32.1 Å². The summed E-state index contributed by atoms with van der Waals surface area (Å²) in [5, 5.41) is 5.97. The van der Waals surface area contributed by atoms with E-state index in [0.717, 1.165) is 21.8 Å². The van der Waals surface area contributed by atoms with Crippen molar-refractivity contribution in [1.29, 1.82) is 0 Å². The van der Waals surface area contributed by atoms with Gasteiger partial charge in [-0.15, -0.1) is 11.3 Å². The van der Waals surface area contributed by atoms with Crippen molar-refractivity contribution in [3.63, 3.8) is 0 Å². The van der Waals surface area contributed by atoms with E-state index in [-0.39, 0.29) is 5.91 Å². The molecule has 0 bridgehead atoms. The Balaban J connectivity index is 1.61. The van der Waals surface area contributed by atoms with Crippen molar-refractivity contribution >= 4 is 17.2 Å². The molecule has 1 N–H and O–H groups in total. The summed E-state index contributed by atoms with van der Waals surface area (Å²) in [4.78, 5) is 21.2. The van der Waals surface area contributed by atoms with Crippen LogP contribution in [0.3, 0.4) is 0 Å². The fourth-order valence-electron chi connectivity index (χ4n) is 3.10. The van der Waals surface area contributed by atoms with Crippen LogP contribution in [0.1, 0.15) is 70.3 Å². The summed E-state index contributed by atoms with van der Waals surface area (Å²) in [5.74, 6) is 0.460. The van der Waals surface area contributed by atoms with Gasteiger partial charge in [0.25, 0.3) is 5.91 Å². The molecule has 1 amide bonds. The number of carbonyl (C=O) groups is 1. The minimum atomic E-state index is -0.0942. The molecule has 0 aliphatic heterocycles. The zero-order valence-corrected chi connectivity index (χ0v) is 14.6. The highest BCUT2D eigenvalue weighted by Crippen LogP contribution is 2.34. The van der Waals surface area contributed by atoms with Crippen LogP contribution >= 0.6 is 11.3 Å². The Morgan fingerprint density at radius 3 is 2.83 bits per heavy atom. The fourth-order valence-corrected chi connectivity index (χ4v) is 4.08. The number of carbonyl (C=O) groups excluding carboxylic acids is 1. The second-order valence-corrected chi connectivity index (χ2v) is 7.23. The maximum Gasteiger partial charge on any atom is 0.271 e. The first-order valence-electron chi connectivity index (χ1n) is 8.29. The molecule has 1 aliphatic rings. The number of aromatic nitrogens is 2. The lowest BCUT2D eigenvalue weighted by Crippen LogP contribution is -2.23. The number of aryl methyl sites for hydroxylation is 2. The Labute approximate surface area is 141 Å². The molecular formula is C18H23N3OS. The average Bonchev–Trinajstić information content (AvgIpc) is 3.05. The Kier molecular flexibility index (Phi) is 5.06. The molecule has 0 aromatic carbocycles. The first-order valence-corrected chi connectivity index (χ1v) is 9.17. The van der Waals surface area contributed by atoms with E-state index in [1.807, 2.05) is 31.5 Å². The van der Waals surface area contributed by atoms with Gasteiger partial charge in [0.2, 0.25) is 0 Å². The van der Waals surface area contributed by atoms with Crippen molar-refractivity contribution in [3.05, 3.63) is 45.2 Å². The molecule has 2 aromatic rings. The van der Waals surface area contributed by atoms with Crippen LogP contribution in [0.5, 0.6) is 0 Å². The number of nitrogens with one attached hydrogen (secondary N) is 1. The molecule has 1 fully saturated rings. The standard InChI is InChI=1S/C18H23N3OS/c1-12-8-13(2)19-9-15(12)10-20-17(22)16-11-23-18(21-16)14-6-4-3-5-7-14/h8-9,11,14H,3-7,10H2,1-2H3,(H,20,22). The lowest BCUT2D eigenvalue weighted by Gasteiger charge is -2.18. The van der Waals surface area contributed by atoms with Crippen LogP contribution in [-0.4, -0.2) is 15.9 Å². The van der Waals surface area contributed by atoms with Crippen molar-refractivity contribution < 1.29 is 4.79 Å². The number of hydrogen-bond donors (Lipinski definition) is 1. The first kappa shape index (κ1) is 16.1. The molecule has 1 aliphatic carbocycles. The summed E-state index contributed by atoms with van der Waals surface area (Å²) in [6.45, 7) is 4.51. The predicted molar refractivity (Wildman–Crippen MR) is 92.8 cm³/mol. The van der Waals surface area contributed by atoms with Crippen LogP contribution in [0, 0.1) is 13.8 Å². The third-order valence-corrected chi connectivity index (χ3v) is 5.51. The number of rotatable bonds is 4. The second kappa shape index (κ2) is 7.21. The second-order valence-electron chi connectivity index (χ2n) is 6.34. The normalized spacial score (nSPS) is 15.6. The predicted octanol–water partition coefficient (Wildman–Crippen LogP) is 4.13. The van der Waals surface area contributed by atoms with Crippen molar-refractivity contribution in [1.82, 2.24) is 15.3 Å². The largest absolute Gasteiger partial charge is 0.347 e. The molecule has 0 radical (unpaired) electrons. The number of pyridine rings is 1. The summed E-state index contributed by atoms with van der Waals surface area (Å²) < 4.78 is 0. The van der Waals surface area contributed by atoms with Crippen LogP contribution in [-0.2, 0) is 6.54 Å².